The van der Waals surface area contributed by atoms with Crippen LogP contribution in [-0.2, 0) is 15.1 Å². The van der Waals surface area contributed by atoms with Gasteiger partial charge in [0.25, 0.3) is 5.92 Å². The van der Waals surface area contributed by atoms with Crippen molar-refractivity contribution in [2.75, 3.05) is 0 Å². The van der Waals surface area contributed by atoms with E-state index in [0.29, 0.717) is 14.9 Å². The van der Waals surface area contributed by atoms with Crippen molar-refractivity contribution < 1.29 is 18.3 Å². The van der Waals surface area contributed by atoms with E-state index in [2.05, 4.69) is 4.98 Å². The number of hydrogen-bond donors (Lipinski definition) is 0. The molecule has 0 N–H and O–H groups in total. The Balaban J connectivity index is 0.000000671. The van der Waals surface area contributed by atoms with Crippen LogP contribution in [0.1, 0.15) is 52.3 Å². The maximum Gasteiger partial charge on any atom is 0.303 e. The minimum Gasteiger partial charge on any atom is -0.453 e. The second-order valence-electron chi connectivity index (χ2n) is 4.94. The third-order valence-electron chi connectivity index (χ3n) is 3.23. The van der Waals surface area contributed by atoms with Gasteiger partial charge in [-0.05, 0) is 18.2 Å². The second kappa shape index (κ2) is 8.21. The summed E-state index contributed by atoms with van der Waals surface area (Å²) in [4.78, 5) is 16.6. The standard InChI is InChI=1S/C13H10ClF2NO2S.2C2H6/c1-7(18)19-12(5-13(15,16)6-12)9-4-8-2-3-10(14)17-11(8)20-9;2*1-2/h2-4H,5-6H2,1H3;2*1-2H3. The van der Waals surface area contributed by atoms with Crippen LogP contribution < -0.4 is 0 Å². The Kier molecular flexibility index (Phi) is 7.10. The molecule has 7 heteroatoms. The first kappa shape index (κ1) is 20.8. The number of fused-ring (bicyclic) bond motifs is 1. The third kappa shape index (κ3) is 4.42. The Bertz CT molecular complexity index is 695. The summed E-state index contributed by atoms with van der Waals surface area (Å²) >= 11 is 7.04. The summed E-state index contributed by atoms with van der Waals surface area (Å²) < 4.78 is 31.7. The lowest BCUT2D eigenvalue weighted by Crippen LogP contribution is -2.51. The summed E-state index contributed by atoms with van der Waals surface area (Å²) in [5.74, 6) is -3.36. The number of esters is 1. The molecule has 0 amide bonds. The zero-order valence-corrected chi connectivity index (χ0v) is 16.0. The number of pyridine rings is 1. The van der Waals surface area contributed by atoms with E-state index in [1.807, 2.05) is 27.7 Å². The Morgan fingerprint density at radius 3 is 2.33 bits per heavy atom. The van der Waals surface area contributed by atoms with E-state index in [-0.39, 0.29) is 0 Å². The summed E-state index contributed by atoms with van der Waals surface area (Å²) in [6.45, 7) is 9.22. The molecule has 0 radical (unpaired) electrons. The summed E-state index contributed by atoms with van der Waals surface area (Å²) in [7, 11) is 0. The van der Waals surface area contributed by atoms with Gasteiger partial charge in [0.1, 0.15) is 9.98 Å². The minimum atomic E-state index is -2.79. The van der Waals surface area contributed by atoms with Gasteiger partial charge in [-0.3, -0.25) is 4.79 Å². The highest BCUT2D eigenvalue weighted by Gasteiger charge is 2.60. The number of nitrogens with zero attached hydrogens (tertiary/aromatic N) is 1. The number of carbonyl (C=O) groups is 1. The molecule has 0 aliphatic heterocycles. The molecule has 2 aromatic rings. The fraction of sp³-hybridized carbons (Fsp3) is 0.529. The first-order chi connectivity index (χ1) is 11.3. The van der Waals surface area contributed by atoms with Crippen LogP contribution in [0.3, 0.4) is 0 Å². The highest BCUT2D eigenvalue weighted by Crippen LogP contribution is 2.56. The Hall–Kier alpha value is -1.27. The predicted octanol–water partition coefficient (Wildman–Crippen LogP) is 6.19. The highest BCUT2D eigenvalue weighted by atomic mass is 35.5. The number of halogens is 3. The molecule has 0 atom stereocenters. The fourth-order valence-electron chi connectivity index (χ4n) is 2.48. The van der Waals surface area contributed by atoms with Crippen molar-refractivity contribution in [1.29, 1.82) is 0 Å². The Labute approximate surface area is 150 Å². The van der Waals surface area contributed by atoms with Crippen LogP contribution in [0.4, 0.5) is 8.78 Å². The van der Waals surface area contributed by atoms with E-state index in [1.165, 1.54) is 18.3 Å². The van der Waals surface area contributed by atoms with Crippen LogP contribution in [-0.4, -0.2) is 16.9 Å². The van der Waals surface area contributed by atoms with Crippen molar-refractivity contribution >= 4 is 39.1 Å². The van der Waals surface area contributed by atoms with Gasteiger partial charge in [0.2, 0.25) is 0 Å². The summed E-state index contributed by atoms with van der Waals surface area (Å²) in [5, 5.41) is 1.14. The van der Waals surface area contributed by atoms with E-state index >= 15 is 0 Å². The zero-order valence-electron chi connectivity index (χ0n) is 14.5. The number of thiophene rings is 1. The van der Waals surface area contributed by atoms with Crippen molar-refractivity contribution in [2.24, 2.45) is 0 Å². The van der Waals surface area contributed by atoms with Crippen LogP contribution >= 0.6 is 22.9 Å². The smallest absolute Gasteiger partial charge is 0.303 e. The van der Waals surface area contributed by atoms with E-state index in [9.17, 15) is 13.6 Å². The van der Waals surface area contributed by atoms with E-state index in [4.69, 9.17) is 16.3 Å². The highest BCUT2D eigenvalue weighted by molar-refractivity contribution is 7.18. The van der Waals surface area contributed by atoms with Gasteiger partial charge >= 0.3 is 5.97 Å². The van der Waals surface area contributed by atoms with Crippen LogP contribution in [0.15, 0.2) is 18.2 Å². The number of hydrogen-bond acceptors (Lipinski definition) is 4. The van der Waals surface area contributed by atoms with Crippen LogP contribution in [0.2, 0.25) is 5.15 Å². The van der Waals surface area contributed by atoms with E-state index in [0.717, 1.165) is 5.39 Å². The van der Waals surface area contributed by atoms with Gasteiger partial charge in [-0.15, -0.1) is 11.3 Å². The molecule has 3 nitrogen and oxygen atoms in total. The van der Waals surface area contributed by atoms with Gasteiger partial charge in [0.15, 0.2) is 5.60 Å². The molecule has 1 aliphatic rings. The first-order valence-corrected chi connectivity index (χ1v) is 9.13. The summed E-state index contributed by atoms with van der Waals surface area (Å²) in [6.07, 6.45) is -0.972. The van der Waals surface area contributed by atoms with Crippen LogP contribution in [0.5, 0.6) is 0 Å². The van der Waals surface area contributed by atoms with Crippen molar-refractivity contribution in [3.05, 3.63) is 28.2 Å². The van der Waals surface area contributed by atoms with Gasteiger partial charge in [-0.1, -0.05) is 39.3 Å². The molecule has 2 aromatic heterocycles. The van der Waals surface area contributed by atoms with Crippen LogP contribution in [0, 0.1) is 0 Å². The zero-order chi connectivity index (χ0) is 18.5. The largest absolute Gasteiger partial charge is 0.453 e. The van der Waals surface area contributed by atoms with Crippen molar-refractivity contribution in [3.8, 4) is 0 Å². The topological polar surface area (TPSA) is 39.2 Å². The van der Waals surface area contributed by atoms with E-state index in [1.54, 1.807) is 18.2 Å². The van der Waals surface area contributed by atoms with Crippen molar-refractivity contribution in [3.63, 3.8) is 0 Å². The first-order valence-electron chi connectivity index (χ1n) is 7.94. The molecule has 134 valence electrons. The van der Waals surface area contributed by atoms with Crippen molar-refractivity contribution in [2.45, 2.75) is 59.0 Å². The van der Waals surface area contributed by atoms with Gasteiger partial charge in [0, 0.05) is 12.3 Å². The Morgan fingerprint density at radius 2 is 1.83 bits per heavy atom. The lowest BCUT2D eigenvalue weighted by molar-refractivity contribution is -0.228. The minimum absolute atomic E-state index is 0.339. The predicted molar refractivity (Wildman–Crippen MR) is 95.0 cm³/mol. The van der Waals surface area contributed by atoms with Gasteiger partial charge in [0.05, 0.1) is 17.7 Å². The average Bonchev–Trinajstić information content (AvgIpc) is 2.92. The number of rotatable bonds is 2. The maximum absolute atomic E-state index is 13.3. The quantitative estimate of drug-likeness (QED) is 0.462. The Morgan fingerprint density at radius 1 is 1.25 bits per heavy atom. The van der Waals surface area contributed by atoms with Crippen molar-refractivity contribution in [1.82, 2.24) is 4.98 Å². The molecule has 0 unspecified atom stereocenters. The molecule has 1 aliphatic carbocycles. The number of ether oxygens (including phenoxy) is 1. The SMILES string of the molecule is CC.CC.CC(=O)OC1(c2cc3ccc(Cl)nc3s2)CC(F)(F)C1. The lowest BCUT2D eigenvalue weighted by Gasteiger charge is -2.45. The molecule has 1 saturated carbocycles. The normalized spacial score (nSPS) is 16.8. The molecule has 2 heterocycles. The van der Waals surface area contributed by atoms with Gasteiger partial charge in [-0.2, -0.15) is 0 Å². The molecule has 0 aromatic carbocycles. The maximum atomic E-state index is 13.3. The molecule has 0 saturated heterocycles. The van der Waals surface area contributed by atoms with Gasteiger partial charge in [-0.25, -0.2) is 13.8 Å². The molecule has 0 bridgehead atoms. The summed E-state index contributed by atoms with van der Waals surface area (Å²) in [5.41, 5.74) is -1.23. The number of alkyl halides is 2. The lowest BCUT2D eigenvalue weighted by atomic mass is 9.75. The van der Waals surface area contributed by atoms with Crippen LogP contribution in [0.25, 0.3) is 10.2 Å². The molecular weight excluding hydrogens is 356 g/mol. The monoisotopic (exact) mass is 377 g/mol. The fourth-order valence-corrected chi connectivity index (χ4v) is 3.83. The molecule has 3 rings (SSSR count). The second-order valence-corrected chi connectivity index (χ2v) is 6.35. The number of aromatic nitrogens is 1. The number of carbonyl (C=O) groups excluding carboxylic acids is 1. The van der Waals surface area contributed by atoms with E-state index < -0.39 is 30.3 Å². The molecule has 0 spiro atoms. The van der Waals surface area contributed by atoms with Gasteiger partial charge < -0.3 is 4.74 Å². The molecular formula is C17H22ClF2NO2S. The summed E-state index contributed by atoms with van der Waals surface area (Å²) in [6, 6.07) is 5.14. The third-order valence-corrected chi connectivity index (χ3v) is 4.67. The molecule has 24 heavy (non-hydrogen) atoms. The molecule has 1 fully saturated rings. The average molecular weight is 378 g/mol.